The Morgan fingerprint density at radius 2 is 1.14 bits per heavy atom. The molecule has 0 saturated carbocycles. The van der Waals surface area contributed by atoms with E-state index in [1.165, 1.54) is 13.8 Å². The minimum Gasteiger partial charge on any atom is -0.480 e. The van der Waals surface area contributed by atoms with Gasteiger partial charge in [-0.15, -0.1) is 0 Å². The fourth-order valence-electron chi connectivity index (χ4n) is 7.75. The predicted octanol–water partition coefficient (Wildman–Crippen LogP) is 5.16. The minimum atomic E-state index is -6.22. The number of imide groups is 2. The van der Waals surface area contributed by atoms with Crippen LogP contribution in [-0.2, 0) is 30.4 Å². The number of nitrogens with one attached hydrogen (secondary N) is 1. The average Bonchev–Trinajstić information content (AvgIpc) is 3.44. The van der Waals surface area contributed by atoms with Gasteiger partial charge in [-0.2, -0.15) is 30.6 Å². The Balaban J connectivity index is 1.79. The zero-order valence-corrected chi connectivity index (χ0v) is 30.9. The number of rotatable bonds is 9. The summed E-state index contributed by atoms with van der Waals surface area (Å²) in [5.74, 6) is -8.46. The molecule has 0 aromatic heterocycles. The number of aliphatic carboxylic acids is 2. The zero-order valence-electron chi connectivity index (χ0n) is 30.1. The molecule has 3 aromatic carbocycles. The summed E-state index contributed by atoms with van der Waals surface area (Å²) < 4.78 is 119. The molecular weight excluding hydrogens is 780 g/mol. The van der Waals surface area contributed by atoms with Gasteiger partial charge in [-0.1, -0.05) is 32.9 Å². The van der Waals surface area contributed by atoms with Crippen LogP contribution in [0.1, 0.15) is 95.6 Å². The summed E-state index contributed by atoms with van der Waals surface area (Å²) in [6.07, 6.45) is -12.4. The molecule has 20 heteroatoms. The highest BCUT2D eigenvalue weighted by Crippen LogP contribution is 2.57. The number of amides is 4. The molecule has 0 radical (unpaired) electrons. The summed E-state index contributed by atoms with van der Waals surface area (Å²) in [4.78, 5) is 75.6. The average molecular weight is 812 g/mol. The summed E-state index contributed by atoms with van der Waals surface area (Å²) in [6, 6.07) is 2.42. The third-order valence-electron chi connectivity index (χ3n) is 9.68. The maximum atomic E-state index is 15.1. The van der Waals surface area contributed by atoms with Crippen LogP contribution in [-0.4, -0.2) is 83.9 Å². The fourth-order valence-corrected chi connectivity index (χ4v) is 9.54. The highest BCUT2D eigenvalue weighted by molar-refractivity contribution is 7.89. The third-order valence-corrected chi connectivity index (χ3v) is 11.7. The SMILES string of the molecule is Cc1c(N2C(=O)c3ccc(C(c4ccc5c(c4)C(=O)NC5=O)(C(F)(F)F)C(F)(F)F)cc3C2=O)c(C)c(S(=O)(=O)N(CC(=O)O)CC(=O)O)c(C)c1C(C)(C)C. The van der Waals surface area contributed by atoms with Crippen molar-refractivity contribution in [1.82, 2.24) is 9.62 Å². The molecule has 2 heterocycles. The van der Waals surface area contributed by atoms with Gasteiger partial charge in [0.15, 0.2) is 0 Å². The molecule has 0 saturated heterocycles. The number of hydrogen-bond donors (Lipinski definition) is 3. The summed E-state index contributed by atoms with van der Waals surface area (Å²) in [5, 5.41) is 20.6. The topological polar surface area (TPSA) is 196 Å². The first-order valence-corrected chi connectivity index (χ1v) is 17.7. The van der Waals surface area contributed by atoms with Gasteiger partial charge in [0.1, 0.15) is 13.1 Å². The molecule has 13 nitrogen and oxygen atoms in total. The van der Waals surface area contributed by atoms with Gasteiger partial charge in [0.25, 0.3) is 23.6 Å². The normalized spacial score (nSPS) is 15.1. The Bertz CT molecular complexity index is 2390. The van der Waals surface area contributed by atoms with E-state index in [0.29, 0.717) is 29.2 Å². The molecule has 2 aliphatic heterocycles. The van der Waals surface area contributed by atoms with Crippen molar-refractivity contribution in [2.45, 2.75) is 69.6 Å². The molecule has 0 bridgehead atoms. The lowest BCUT2D eigenvalue weighted by Crippen LogP contribution is -2.55. The quantitative estimate of drug-likeness (QED) is 0.192. The fraction of sp³-hybridized carbons (Fsp3) is 0.333. The van der Waals surface area contributed by atoms with E-state index in [1.54, 1.807) is 26.1 Å². The highest BCUT2D eigenvalue weighted by Gasteiger charge is 2.73. The maximum absolute atomic E-state index is 15.1. The lowest BCUT2D eigenvalue weighted by molar-refractivity contribution is -0.288. The molecule has 3 N–H and O–H groups in total. The van der Waals surface area contributed by atoms with Crippen LogP contribution in [0.5, 0.6) is 0 Å². The molecule has 0 spiro atoms. The van der Waals surface area contributed by atoms with Crippen LogP contribution in [0.4, 0.5) is 32.0 Å². The Morgan fingerprint density at radius 3 is 1.61 bits per heavy atom. The Morgan fingerprint density at radius 1 is 0.696 bits per heavy atom. The largest absolute Gasteiger partial charge is 0.480 e. The van der Waals surface area contributed by atoms with Crippen molar-refractivity contribution in [1.29, 1.82) is 0 Å². The smallest absolute Gasteiger partial charge is 0.411 e. The van der Waals surface area contributed by atoms with E-state index < -0.39 is 126 Å². The summed E-state index contributed by atoms with van der Waals surface area (Å²) in [5.41, 5.74) is -12.4. The highest BCUT2D eigenvalue weighted by atomic mass is 32.2. The number of carboxylic acid groups (broad SMARTS) is 2. The monoisotopic (exact) mass is 811 g/mol. The van der Waals surface area contributed by atoms with Gasteiger partial charge in [0, 0.05) is 0 Å². The summed E-state index contributed by atoms with van der Waals surface area (Å²) in [6.45, 7) is 6.06. The second kappa shape index (κ2) is 13.2. The standard InChI is InChI=1S/C36H31F6N3O10S/c1-15-26(33(4,5)6)16(2)28(56(54,55)44(13-24(46)47)14-25(48)49)17(3)27(15)45-31(52)21-10-8-19(12-23(21)32(45)53)34(35(37,38)39,36(40,41)42)18-7-9-20-22(11-18)30(51)43-29(20)50/h7-12H,13-14H2,1-6H3,(H,46,47)(H,48,49)(H,43,50,51). The number of anilines is 1. The van der Waals surface area contributed by atoms with E-state index >= 15 is 26.3 Å². The van der Waals surface area contributed by atoms with Crippen molar-refractivity contribution in [3.63, 3.8) is 0 Å². The molecule has 4 amide bonds. The second-order valence-electron chi connectivity index (χ2n) is 14.2. The van der Waals surface area contributed by atoms with Crippen LogP contribution in [0.25, 0.3) is 0 Å². The molecular formula is C36H31F6N3O10S. The first kappa shape index (κ1) is 41.5. The maximum Gasteiger partial charge on any atom is 0.411 e. The summed E-state index contributed by atoms with van der Waals surface area (Å²) >= 11 is 0. The summed E-state index contributed by atoms with van der Waals surface area (Å²) in [7, 11) is -5.08. The van der Waals surface area contributed by atoms with Crippen LogP contribution >= 0.6 is 0 Å². The zero-order chi connectivity index (χ0) is 42.4. The number of fused-ring (bicyclic) bond motifs is 2. The lowest BCUT2D eigenvalue weighted by atomic mass is 9.71. The van der Waals surface area contributed by atoms with Gasteiger partial charge in [0.05, 0.1) is 32.8 Å². The molecule has 298 valence electrons. The van der Waals surface area contributed by atoms with Gasteiger partial charge in [-0.3, -0.25) is 34.1 Å². The number of carbonyl (C=O) groups is 6. The molecule has 0 atom stereocenters. The lowest BCUT2D eigenvalue weighted by Gasteiger charge is -2.38. The molecule has 0 aliphatic carbocycles. The molecule has 56 heavy (non-hydrogen) atoms. The van der Waals surface area contributed by atoms with E-state index in [2.05, 4.69) is 0 Å². The molecule has 0 unspecified atom stereocenters. The van der Waals surface area contributed by atoms with Crippen molar-refractivity contribution in [2.75, 3.05) is 18.0 Å². The van der Waals surface area contributed by atoms with E-state index in [9.17, 15) is 47.4 Å². The second-order valence-corrected chi connectivity index (χ2v) is 16.1. The van der Waals surface area contributed by atoms with E-state index in [1.807, 2.05) is 0 Å². The number of carboxylic acids is 2. The number of hydrogen-bond acceptors (Lipinski definition) is 8. The number of benzene rings is 3. The van der Waals surface area contributed by atoms with E-state index in [0.717, 1.165) is 6.92 Å². The van der Waals surface area contributed by atoms with Crippen LogP contribution in [0.15, 0.2) is 41.3 Å². The molecule has 3 aromatic rings. The van der Waals surface area contributed by atoms with Crippen molar-refractivity contribution in [2.24, 2.45) is 0 Å². The van der Waals surface area contributed by atoms with Crippen LogP contribution in [0.2, 0.25) is 0 Å². The third kappa shape index (κ3) is 6.19. The van der Waals surface area contributed by atoms with Gasteiger partial charge < -0.3 is 10.2 Å². The van der Waals surface area contributed by atoms with Crippen LogP contribution < -0.4 is 10.2 Å². The minimum absolute atomic E-state index is 0.0132. The first-order valence-electron chi connectivity index (χ1n) is 16.3. The Kier molecular flexibility index (Phi) is 9.83. The van der Waals surface area contributed by atoms with Gasteiger partial charge >= 0.3 is 24.3 Å². The Labute approximate surface area is 313 Å². The van der Waals surface area contributed by atoms with Crippen LogP contribution in [0.3, 0.4) is 0 Å². The number of nitrogens with zero attached hydrogens (tertiary/aromatic N) is 2. The number of alkyl halides is 6. The van der Waals surface area contributed by atoms with Gasteiger partial charge in [-0.05, 0) is 83.8 Å². The van der Waals surface area contributed by atoms with E-state index in [-0.39, 0.29) is 38.7 Å². The number of halogens is 6. The first-order chi connectivity index (χ1) is 25.5. The van der Waals surface area contributed by atoms with Gasteiger partial charge in [0.2, 0.25) is 15.4 Å². The molecule has 2 aliphatic rings. The molecule has 0 fully saturated rings. The Hall–Kier alpha value is -5.63. The number of sulfonamides is 1. The number of carbonyl (C=O) groups excluding carboxylic acids is 4. The predicted molar refractivity (Wildman–Crippen MR) is 182 cm³/mol. The van der Waals surface area contributed by atoms with Crippen molar-refractivity contribution >= 4 is 51.3 Å². The molecule has 5 rings (SSSR count). The van der Waals surface area contributed by atoms with E-state index in [4.69, 9.17) is 0 Å². The van der Waals surface area contributed by atoms with Gasteiger partial charge in [-0.25, -0.2) is 13.3 Å². The van der Waals surface area contributed by atoms with Crippen LogP contribution in [0, 0.1) is 20.8 Å². The van der Waals surface area contributed by atoms with Crippen molar-refractivity contribution in [3.8, 4) is 0 Å². The van der Waals surface area contributed by atoms with Crippen molar-refractivity contribution < 1.29 is 73.7 Å². The van der Waals surface area contributed by atoms with Crippen molar-refractivity contribution in [3.05, 3.63) is 92.0 Å².